The standard InChI is InChI=1S/C20H30ClN3OS.HI/c1-2-22-19(23-14-18-7-4-12-26-18)24-15-20(8-10-25-11-9-20)16-5-3-6-17(21)13-16;/h3,5-6,13,18H,2,4,7-12,14-15H2,1H3,(H2,22,23,24);1H. The lowest BCUT2D eigenvalue weighted by Crippen LogP contribution is -2.42. The number of guanidine groups is 1. The quantitative estimate of drug-likeness (QED) is 0.328. The Bertz CT molecular complexity index is 605. The van der Waals surface area contributed by atoms with Crippen LogP contribution >= 0.6 is 47.3 Å². The molecule has 2 aliphatic rings. The fourth-order valence-corrected chi connectivity index (χ4v) is 5.10. The number of rotatable bonds is 6. The van der Waals surface area contributed by atoms with E-state index in [2.05, 4.69) is 41.5 Å². The molecule has 4 nitrogen and oxygen atoms in total. The molecule has 1 atom stereocenters. The van der Waals surface area contributed by atoms with Crippen molar-refractivity contribution in [1.29, 1.82) is 0 Å². The van der Waals surface area contributed by atoms with Crippen LogP contribution in [-0.4, -0.2) is 49.8 Å². The second kappa shape index (κ2) is 11.7. The van der Waals surface area contributed by atoms with Gasteiger partial charge in [-0.3, -0.25) is 4.99 Å². The van der Waals surface area contributed by atoms with Crippen LogP contribution in [-0.2, 0) is 10.2 Å². The molecule has 1 aromatic rings. The van der Waals surface area contributed by atoms with E-state index in [0.29, 0.717) is 5.25 Å². The van der Waals surface area contributed by atoms with E-state index >= 15 is 0 Å². The molecule has 1 aromatic carbocycles. The van der Waals surface area contributed by atoms with E-state index in [0.717, 1.165) is 56.7 Å². The average molecular weight is 524 g/mol. The minimum absolute atomic E-state index is 0. The van der Waals surface area contributed by atoms with Gasteiger partial charge >= 0.3 is 0 Å². The van der Waals surface area contributed by atoms with E-state index in [9.17, 15) is 0 Å². The van der Waals surface area contributed by atoms with E-state index in [1.807, 2.05) is 12.1 Å². The third kappa shape index (κ3) is 6.68. The largest absolute Gasteiger partial charge is 0.381 e. The second-order valence-corrected chi connectivity index (χ2v) is 8.96. The van der Waals surface area contributed by atoms with Gasteiger partial charge in [0.05, 0.1) is 6.54 Å². The molecule has 0 saturated carbocycles. The molecular weight excluding hydrogens is 493 g/mol. The van der Waals surface area contributed by atoms with Crippen molar-refractivity contribution >= 4 is 53.3 Å². The Labute approximate surface area is 189 Å². The van der Waals surface area contributed by atoms with Gasteiger partial charge in [0.1, 0.15) is 0 Å². The van der Waals surface area contributed by atoms with Gasteiger partial charge in [0.25, 0.3) is 0 Å². The maximum Gasteiger partial charge on any atom is 0.191 e. The topological polar surface area (TPSA) is 45.7 Å². The summed E-state index contributed by atoms with van der Waals surface area (Å²) in [6, 6.07) is 8.26. The molecule has 152 valence electrons. The smallest absolute Gasteiger partial charge is 0.191 e. The lowest BCUT2D eigenvalue weighted by atomic mass is 9.74. The summed E-state index contributed by atoms with van der Waals surface area (Å²) in [4.78, 5) is 4.96. The molecule has 2 saturated heterocycles. The number of hydrogen-bond donors (Lipinski definition) is 2. The molecule has 3 rings (SSSR count). The summed E-state index contributed by atoms with van der Waals surface area (Å²) < 4.78 is 5.63. The van der Waals surface area contributed by atoms with Crippen molar-refractivity contribution in [3.8, 4) is 0 Å². The number of nitrogens with zero attached hydrogens (tertiary/aromatic N) is 1. The normalized spacial score (nSPS) is 22.1. The molecule has 0 spiro atoms. The first-order valence-corrected chi connectivity index (χ1v) is 11.1. The van der Waals surface area contributed by atoms with Gasteiger partial charge in [-0.25, -0.2) is 0 Å². The van der Waals surface area contributed by atoms with Gasteiger partial charge in [-0.2, -0.15) is 11.8 Å². The zero-order chi connectivity index (χ0) is 18.2. The number of ether oxygens (including phenoxy) is 1. The summed E-state index contributed by atoms with van der Waals surface area (Å²) in [5.74, 6) is 2.21. The highest BCUT2D eigenvalue weighted by molar-refractivity contribution is 14.0. The van der Waals surface area contributed by atoms with Crippen LogP contribution in [0, 0.1) is 0 Å². The highest BCUT2D eigenvalue weighted by Crippen LogP contribution is 2.36. The van der Waals surface area contributed by atoms with Gasteiger partial charge in [-0.1, -0.05) is 23.7 Å². The van der Waals surface area contributed by atoms with Gasteiger partial charge in [0.2, 0.25) is 0 Å². The Balaban J connectivity index is 0.00000261. The Hall–Kier alpha value is -0.180. The lowest BCUT2D eigenvalue weighted by Gasteiger charge is -2.36. The van der Waals surface area contributed by atoms with Crippen molar-refractivity contribution in [2.24, 2.45) is 4.99 Å². The van der Waals surface area contributed by atoms with Crippen molar-refractivity contribution in [2.45, 2.75) is 43.3 Å². The first-order chi connectivity index (χ1) is 12.7. The van der Waals surface area contributed by atoms with Gasteiger partial charge in [-0.15, -0.1) is 24.0 Å². The number of nitrogens with one attached hydrogen (secondary N) is 2. The number of aliphatic imine (C=N–C) groups is 1. The van der Waals surface area contributed by atoms with Gasteiger partial charge < -0.3 is 15.4 Å². The molecule has 27 heavy (non-hydrogen) atoms. The van der Waals surface area contributed by atoms with Crippen molar-refractivity contribution in [2.75, 3.05) is 38.6 Å². The van der Waals surface area contributed by atoms with E-state index < -0.39 is 0 Å². The van der Waals surface area contributed by atoms with Crippen molar-refractivity contribution < 1.29 is 4.74 Å². The Morgan fingerprint density at radius 3 is 2.81 bits per heavy atom. The summed E-state index contributed by atoms with van der Waals surface area (Å²) in [7, 11) is 0. The van der Waals surface area contributed by atoms with Crippen molar-refractivity contribution in [3.63, 3.8) is 0 Å². The zero-order valence-corrected chi connectivity index (χ0v) is 19.9. The van der Waals surface area contributed by atoms with Crippen LogP contribution in [0.15, 0.2) is 29.3 Å². The molecule has 0 aromatic heterocycles. The van der Waals surface area contributed by atoms with Crippen LogP contribution < -0.4 is 10.6 Å². The maximum atomic E-state index is 6.27. The maximum absolute atomic E-state index is 6.27. The Kier molecular flexibility index (Phi) is 10.0. The highest BCUT2D eigenvalue weighted by atomic mass is 127. The fourth-order valence-electron chi connectivity index (χ4n) is 3.71. The SMILES string of the molecule is CCNC(=NCC1(c2cccc(Cl)c2)CCOCC1)NCC1CCCS1.I. The summed E-state index contributed by atoms with van der Waals surface area (Å²) in [5.41, 5.74) is 1.28. The minimum atomic E-state index is 0. The molecule has 7 heteroatoms. The Morgan fingerprint density at radius 2 is 2.15 bits per heavy atom. The van der Waals surface area contributed by atoms with Crippen molar-refractivity contribution in [1.82, 2.24) is 10.6 Å². The molecule has 1 unspecified atom stereocenters. The number of hydrogen-bond acceptors (Lipinski definition) is 3. The van der Waals surface area contributed by atoms with Crippen LogP contribution in [0.4, 0.5) is 0 Å². The lowest BCUT2D eigenvalue weighted by molar-refractivity contribution is 0.0531. The summed E-state index contributed by atoms with van der Waals surface area (Å²) in [6.07, 6.45) is 4.60. The van der Waals surface area contributed by atoms with Gasteiger partial charge in [-0.05, 0) is 56.1 Å². The van der Waals surface area contributed by atoms with Crippen LogP contribution in [0.1, 0.15) is 38.2 Å². The fraction of sp³-hybridized carbons (Fsp3) is 0.650. The van der Waals surface area contributed by atoms with E-state index in [1.54, 1.807) is 0 Å². The molecular formula is C20H31ClIN3OS. The summed E-state index contributed by atoms with van der Waals surface area (Å²) in [5, 5.41) is 8.45. The van der Waals surface area contributed by atoms with Crippen LogP contribution in [0.2, 0.25) is 5.02 Å². The van der Waals surface area contributed by atoms with Crippen molar-refractivity contribution in [3.05, 3.63) is 34.9 Å². The third-order valence-corrected chi connectivity index (χ3v) is 6.93. The molecule has 2 fully saturated rings. The number of halogens is 2. The third-order valence-electron chi connectivity index (χ3n) is 5.29. The van der Waals surface area contributed by atoms with Crippen LogP contribution in [0.5, 0.6) is 0 Å². The monoisotopic (exact) mass is 523 g/mol. The summed E-state index contributed by atoms with van der Waals surface area (Å²) in [6.45, 7) is 6.29. The van der Waals surface area contributed by atoms with Crippen LogP contribution in [0.25, 0.3) is 0 Å². The van der Waals surface area contributed by atoms with E-state index in [1.165, 1.54) is 24.2 Å². The number of benzene rings is 1. The highest BCUT2D eigenvalue weighted by Gasteiger charge is 2.34. The predicted molar refractivity (Wildman–Crippen MR) is 128 cm³/mol. The Morgan fingerprint density at radius 1 is 1.33 bits per heavy atom. The van der Waals surface area contributed by atoms with Gasteiger partial charge in [0, 0.05) is 42.0 Å². The molecule has 0 aliphatic carbocycles. The van der Waals surface area contributed by atoms with E-state index in [-0.39, 0.29) is 29.4 Å². The zero-order valence-electron chi connectivity index (χ0n) is 16.0. The second-order valence-electron chi connectivity index (χ2n) is 7.11. The predicted octanol–water partition coefficient (Wildman–Crippen LogP) is 4.46. The summed E-state index contributed by atoms with van der Waals surface area (Å²) >= 11 is 8.34. The number of thioether (sulfide) groups is 1. The molecule has 2 heterocycles. The average Bonchev–Trinajstić information content (AvgIpc) is 3.18. The first-order valence-electron chi connectivity index (χ1n) is 9.69. The molecule has 0 bridgehead atoms. The molecule has 0 amide bonds. The molecule has 2 N–H and O–H groups in total. The first kappa shape index (κ1) is 23.1. The van der Waals surface area contributed by atoms with Gasteiger partial charge in [0.15, 0.2) is 5.96 Å². The molecule has 2 aliphatic heterocycles. The van der Waals surface area contributed by atoms with E-state index in [4.69, 9.17) is 21.3 Å². The molecule has 0 radical (unpaired) electrons. The van der Waals surface area contributed by atoms with Crippen LogP contribution in [0.3, 0.4) is 0 Å². The minimum Gasteiger partial charge on any atom is -0.381 e.